The average molecular weight is 244 g/mol. The van der Waals surface area contributed by atoms with Gasteiger partial charge in [0.2, 0.25) is 0 Å². The Morgan fingerprint density at radius 3 is 2.83 bits per heavy atom. The zero-order valence-electron chi connectivity index (χ0n) is 10.8. The number of hydrogen-bond donors (Lipinski definition) is 2. The van der Waals surface area contributed by atoms with Gasteiger partial charge < -0.3 is 11.1 Å². The van der Waals surface area contributed by atoms with Crippen molar-refractivity contribution in [2.45, 2.75) is 25.8 Å². The van der Waals surface area contributed by atoms with E-state index >= 15 is 0 Å². The summed E-state index contributed by atoms with van der Waals surface area (Å²) < 4.78 is 0. The van der Waals surface area contributed by atoms with Gasteiger partial charge in [0, 0.05) is 24.8 Å². The number of benzene rings is 1. The number of anilines is 2. The van der Waals surface area contributed by atoms with Crippen molar-refractivity contribution in [3.63, 3.8) is 0 Å². The highest BCUT2D eigenvalue weighted by molar-refractivity contribution is 5.62. The van der Waals surface area contributed by atoms with E-state index in [2.05, 4.69) is 23.2 Å². The van der Waals surface area contributed by atoms with Crippen LogP contribution >= 0.6 is 0 Å². The zero-order valence-corrected chi connectivity index (χ0v) is 10.8. The number of nitrogens with one attached hydrogen (secondary N) is 1. The van der Waals surface area contributed by atoms with Gasteiger partial charge in [0.15, 0.2) is 0 Å². The molecule has 96 valence electrons. The van der Waals surface area contributed by atoms with Gasteiger partial charge in [-0.2, -0.15) is 5.26 Å². The van der Waals surface area contributed by atoms with Crippen LogP contribution < -0.4 is 11.1 Å². The quantitative estimate of drug-likeness (QED) is 0.752. The maximum Gasteiger partial charge on any atom is 0.101 e. The Hall–Kier alpha value is -1.73. The van der Waals surface area contributed by atoms with Crippen LogP contribution in [0.4, 0.5) is 11.4 Å². The Balaban J connectivity index is 1.83. The molecule has 1 fully saturated rings. The SMILES string of the molecule is CCN(CCNc1ccc(C#N)c(N)c1)C1CC1. The molecular formula is C14H20N4. The highest BCUT2D eigenvalue weighted by Crippen LogP contribution is 2.26. The first kappa shape index (κ1) is 12.7. The number of rotatable bonds is 6. The predicted octanol–water partition coefficient (Wildman–Crippen LogP) is 2.04. The van der Waals surface area contributed by atoms with E-state index in [1.807, 2.05) is 12.1 Å². The molecule has 1 aromatic carbocycles. The number of nitriles is 1. The number of nitrogen functional groups attached to an aromatic ring is 1. The van der Waals surface area contributed by atoms with Gasteiger partial charge >= 0.3 is 0 Å². The minimum absolute atomic E-state index is 0.536. The van der Waals surface area contributed by atoms with Crippen LogP contribution in [0.25, 0.3) is 0 Å². The summed E-state index contributed by atoms with van der Waals surface area (Å²) in [6.07, 6.45) is 2.69. The first-order chi connectivity index (χ1) is 8.74. The van der Waals surface area contributed by atoms with Crippen molar-refractivity contribution in [3.05, 3.63) is 23.8 Å². The lowest BCUT2D eigenvalue weighted by atomic mass is 10.2. The molecule has 0 bridgehead atoms. The second kappa shape index (κ2) is 5.74. The molecule has 0 spiro atoms. The molecule has 0 aliphatic heterocycles. The lowest BCUT2D eigenvalue weighted by molar-refractivity contribution is 0.289. The van der Waals surface area contributed by atoms with Gasteiger partial charge in [0.1, 0.15) is 6.07 Å². The smallest absolute Gasteiger partial charge is 0.101 e. The van der Waals surface area contributed by atoms with Crippen LogP contribution in [0.15, 0.2) is 18.2 Å². The van der Waals surface area contributed by atoms with E-state index in [1.54, 1.807) is 6.07 Å². The lowest BCUT2D eigenvalue weighted by Gasteiger charge is -2.20. The fourth-order valence-corrected chi connectivity index (χ4v) is 2.16. The molecule has 1 aliphatic carbocycles. The van der Waals surface area contributed by atoms with E-state index in [4.69, 9.17) is 11.0 Å². The molecule has 0 saturated heterocycles. The van der Waals surface area contributed by atoms with E-state index < -0.39 is 0 Å². The molecule has 18 heavy (non-hydrogen) atoms. The normalized spacial score (nSPS) is 14.5. The fraction of sp³-hybridized carbons (Fsp3) is 0.500. The largest absolute Gasteiger partial charge is 0.398 e. The summed E-state index contributed by atoms with van der Waals surface area (Å²) >= 11 is 0. The van der Waals surface area contributed by atoms with Crippen LogP contribution in [0.2, 0.25) is 0 Å². The minimum Gasteiger partial charge on any atom is -0.398 e. The Morgan fingerprint density at radius 1 is 1.50 bits per heavy atom. The first-order valence-electron chi connectivity index (χ1n) is 6.52. The van der Waals surface area contributed by atoms with Crippen molar-refractivity contribution < 1.29 is 0 Å². The van der Waals surface area contributed by atoms with E-state index in [9.17, 15) is 0 Å². The van der Waals surface area contributed by atoms with Gasteiger partial charge in [0.05, 0.1) is 11.3 Å². The zero-order chi connectivity index (χ0) is 13.0. The Morgan fingerprint density at radius 2 is 2.28 bits per heavy atom. The highest BCUT2D eigenvalue weighted by Gasteiger charge is 2.26. The molecule has 1 saturated carbocycles. The Labute approximate surface area is 108 Å². The molecule has 0 radical (unpaired) electrons. The summed E-state index contributed by atoms with van der Waals surface area (Å²) in [6, 6.07) is 8.37. The summed E-state index contributed by atoms with van der Waals surface area (Å²) in [5.41, 5.74) is 7.83. The van der Waals surface area contributed by atoms with Gasteiger partial charge in [-0.05, 0) is 37.6 Å². The van der Waals surface area contributed by atoms with Gasteiger partial charge in [-0.15, -0.1) is 0 Å². The van der Waals surface area contributed by atoms with Crippen molar-refractivity contribution in [3.8, 4) is 6.07 Å². The molecule has 0 atom stereocenters. The summed E-state index contributed by atoms with van der Waals surface area (Å²) in [6.45, 7) is 5.29. The Bertz CT molecular complexity index is 446. The predicted molar refractivity (Wildman–Crippen MR) is 74.3 cm³/mol. The molecule has 4 heteroatoms. The van der Waals surface area contributed by atoms with Crippen LogP contribution in [-0.4, -0.2) is 30.6 Å². The van der Waals surface area contributed by atoms with Crippen LogP contribution in [-0.2, 0) is 0 Å². The van der Waals surface area contributed by atoms with Gasteiger partial charge in [-0.3, -0.25) is 4.90 Å². The third-order valence-electron chi connectivity index (χ3n) is 3.37. The number of hydrogen-bond acceptors (Lipinski definition) is 4. The molecule has 0 heterocycles. The lowest BCUT2D eigenvalue weighted by Crippen LogP contribution is -2.30. The number of nitrogens with two attached hydrogens (primary N) is 1. The molecule has 4 nitrogen and oxygen atoms in total. The van der Waals surface area contributed by atoms with Crippen LogP contribution in [0.1, 0.15) is 25.3 Å². The first-order valence-corrected chi connectivity index (χ1v) is 6.52. The third kappa shape index (κ3) is 3.14. The summed E-state index contributed by atoms with van der Waals surface area (Å²) in [4.78, 5) is 2.50. The third-order valence-corrected chi connectivity index (χ3v) is 3.37. The average Bonchev–Trinajstić information content (AvgIpc) is 3.19. The maximum atomic E-state index is 8.80. The standard InChI is InChI=1S/C14H20N4/c1-2-18(13-5-6-13)8-7-17-12-4-3-11(10-15)14(16)9-12/h3-4,9,13,17H,2,5-8,16H2,1H3. The summed E-state index contributed by atoms with van der Waals surface area (Å²) in [7, 11) is 0. The molecule has 1 aromatic rings. The van der Waals surface area contributed by atoms with Crippen molar-refractivity contribution in [2.24, 2.45) is 0 Å². The van der Waals surface area contributed by atoms with Gasteiger partial charge in [-0.1, -0.05) is 6.92 Å². The second-order valence-corrected chi connectivity index (χ2v) is 4.70. The number of nitrogens with zero attached hydrogens (tertiary/aromatic N) is 2. The molecule has 0 amide bonds. The van der Waals surface area contributed by atoms with Crippen molar-refractivity contribution >= 4 is 11.4 Å². The maximum absolute atomic E-state index is 8.80. The van der Waals surface area contributed by atoms with E-state index in [-0.39, 0.29) is 0 Å². The molecule has 3 N–H and O–H groups in total. The summed E-state index contributed by atoms with van der Waals surface area (Å²) in [5, 5.41) is 12.2. The van der Waals surface area contributed by atoms with Gasteiger partial charge in [0.25, 0.3) is 0 Å². The monoisotopic (exact) mass is 244 g/mol. The van der Waals surface area contributed by atoms with Crippen molar-refractivity contribution in [1.29, 1.82) is 5.26 Å². The van der Waals surface area contributed by atoms with Crippen LogP contribution in [0.3, 0.4) is 0 Å². The second-order valence-electron chi connectivity index (χ2n) is 4.70. The van der Waals surface area contributed by atoms with E-state index in [0.717, 1.165) is 31.4 Å². The minimum atomic E-state index is 0.536. The number of likely N-dealkylation sites (N-methyl/N-ethyl adjacent to an activating group) is 1. The van der Waals surface area contributed by atoms with Crippen molar-refractivity contribution in [2.75, 3.05) is 30.7 Å². The highest BCUT2D eigenvalue weighted by atomic mass is 15.2. The van der Waals surface area contributed by atoms with Crippen LogP contribution in [0.5, 0.6) is 0 Å². The van der Waals surface area contributed by atoms with E-state index in [1.165, 1.54) is 12.8 Å². The molecule has 1 aliphatic rings. The topological polar surface area (TPSA) is 65.1 Å². The Kier molecular flexibility index (Phi) is 4.06. The van der Waals surface area contributed by atoms with E-state index in [0.29, 0.717) is 11.3 Å². The fourth-order valence-electron chi connectivity index (χ4n) is 2.16. The molecule has 0 aromatic heterocycles. The van der Waals surface area contributed by atoms with Crippen molar-refractivity contribution in [1.82, 2.24) is 4.90 Å². The molecular weight excluding hydrogens is 224 g/mol. The van der Waals surface area contributed by atoms with Crippen LogP contribution in [0, 0.1) is 11.3 Å². The molecule has 0 unspecified atom stereocenters. The molecule has 2 rings (SSSR count). The van der Waals surface area contributed by atoms with Gasteiger partial charge in [-0.25, -0.2) is 0 Å². The summed E-state index contributed by atoms with van der Waals surface area (Å²) in [5.74, 6) is 0.